The predicted octanol–water partition coefficient (Wildman–Crippen LogP) is 6.08. The van der Waals surface area contributed by atoms with E-state index in [1.54, 1.807) is 22.9 Å². The standard InChI is InChI=1S/C22H20N2O2S2/c1-14-6-7-15(2)18(11-14)21(25)24(13-16-5-4-10-26-16)22-23-19-9-8-17(27-3)12-20(19)28-22/h4-12H,13H2,1-3H3. The van der Waals surface area contributed by atoms with Crippen LogP contribution in [0.5, 0.6) is 0 Å². The van der Waals surface area contributed by atoms with Crippen LogP contribution in [0.4, 0.5) is 5.13 Å². The number of fused-ring (bicyclic) bond motifs is 1. The molecule has 4 aromatic rings. The fourth-order valence-electron chi connectivity index (χ4n) is 3.03. The molecule has 0 fully saturated rings. The molecule has 0 aliphatic rings. The minimum Gasteiger partial charge on any atom is -0.467 e. The van der Waals surface area contributed by atoms with Gasteiger partial charge in [0.2, 0.25) is 0 Å². The molecule has 0 aliphatic heterocycles. The number of thioether (sulfide) groups is 1. The Hall–Kier alpha value is -2.57. The molecule has 0 saturated carbocycles. The highest BCUT2D eigenvalue weighted by Gasteiger charge is 2.24. The first-order valence-corrected chi connectivity index (χ1v) is 11.0. The average molecular weight is 409 g/mol. The van der Waals surface area contributed by atoms with Crippen LogP contribution >= 0.6 is 23.1 Å². The number of aryl methyl sites for hydroxylation is 2. The van der Waals surface area contributed by atoms with E-state index in [9.17, 15) is 4.79 Å². The van der Waals surface area contributed by atoms with Crippen molar-refractivity contribution in [1.82, 2.24) is 4.98 Å². The zero-order chi connectivity index (χ0) is 19.7. The molecule has 142 valence electrons. The fourth-order valence-corrected chi connectivity index (χ4v) is 4.55. The largest absolute Gasteiger partial charge is 0.467 e. The number of rotatable bonds is 5. The van der Waals surface area contributed by atoms with Gasteiger partial charge < -0.3 is 4.42 Å². The van der Waals surface area contributed by atoms with Crippen LogP contribution < -0.4 is 4.90 Å². The minimum absolute atomic E-state index is 0.0678. The summed E-state index contributed by atoms with van der Waals surface area (Å²) in [6.45, 7) is 4.30. The van der Waals surface area contributed by atoms with Crippen LogP contribution in [-0.4, -0.2) is 17.1 Å². The number of carbonyl (C=O) groups is 1. The molecule has 0 atom stereocenters. The number of amides is 1. The Kier molecular flexibility index (Phi) is 5.24. The molecule has 0 unspecified atom stereocenters. The van der Waals surface area contributed by atoms with E-state index in [1.807, 2.05) is 50.2 Å². The second-order valence-electron chi connectivity index (χ2n) is 6.62. The lowest BCUT2D eigenvalue weighted by molar-refractivity contribution is 0.0982. The molecular formula is C22H20N2O2S2. The molecule has 2 aromatic heterocycles. The molecule has 2 aromatic carbocycles. The van der Waals surface area contributed by atoms with Crippen molar-refractivity contribution in [3.63, 3.8) is 0 Å². The molecule has 28 heavy (non-hydrogen) atoms. The molecule has 0 aliphatic carbocycles. The van der Waals surface area contributed by atoms with Gasteiger partial charge in [-0.25, -0.2) is 4.98 Å². The Labute approximate surface area is 172 Å². The van der Waals surface area contributed by atoms with Crippen molar-refractivity contribution < 1.29 is 9.21 Å². The normalized spacial score (nSPS) is 11.1. The Morgan fingerprint density at radius 1 is 1.18 bits per heavy atom. The van der Waals surface area contributed by atoms with Gasteiger partial charge in [0, 0.05) is 10.5 Å². The number of thiazole rings is 1. The Balaban J connectivity index is 1.79. The minimum atomic E-state index is -0.0678. The number of furan rings is 1. The summed E-state index contributed by atoms with van der Waals surface area (Å²) in [7, 11) is 0. The Morgan fingerprint density at radius 3 is 2.79 bits per heavy atom. The number of carbonyl (C=O) groups excluding carboxylic acids is 1. The van der Waals surface area contributed by atoms with Crippen LogP contribution in [0.3, 0.4) is 0 Å². The van der Waals surface area contributed by atoms with Gasteiger partial charge in [-0.1, -0.05) is 29.0 Å². The summed E-state index contributed by atoms with van der Waals surface area (Å²) in [4.78, 5) is 21.1. The third-order valence-electron chi connectivity index (χ3n) is 4.58. The molecule has 4 nitrogen and oxygen atoms in total. The molecule has 6 heteroatoms. The van der Waals surface area contributed by atoms with Crippen LogP contribution in [0.25, 0.3) is 10.2 Å². The molecule has 0 saturated heterocycles. The van der Waals surface area contributed by atoms with Crippen molar-refractivity contribution in [2.45, 2.75) is 25.3 Å². The number of anilines is 1. The summed E-state index contributed by atoms with van der Waals surface area (Å²) < 4.78 is 6.59. The van der Waals surface area contributed by atoms with Crippen LogP contribution in [0.1, 0.15) is 27.2 Å². The Bertz CT molecular complexity index is 1130. The van der Waals surface area contributed by atoms with E-state index < -0.39 is 0 Å². The molecular weight excluding hydrogens is 388 g/mol. The van der Waals surface area contributed by atoms with Crippen molar-refractivity contribution in [2.75, 3.05) is 11.2 Å². The van der Waals surface area contributed by atoms with Gasteiger partial charge in [0.25, 0.3) is 5.91 Å². The number of hydrogen-bond donors (Lipinski definition) is 0. The average Bonchev–Trinajstić information content (AvgIpc) is 3.36. The smallest absolute Gasteiger partial charge is 0.260 e. The highest BCUT2D eigenvalue weighted by atomic mass is 32.2. The van der Waals surface area contributed by atoms with Crippen molar-refractivity contribution in [3.8, 4) is 0 Å². The third kappa shape index (κ3) is 3.70. The number of benzene rings is 2. The van der Waals surface area contributed by atoms with E-state index >= 15 is 0 Å². The van der Waals surface area contributed by atoms with E-state index in [4.69, 9.17) is 9.40 Å². The molecule has 0 N–H and O–H groups in total. The third-order valence-corrected chi connectivity index (χ3v) is 6.34. The number of nitrogens with zero attached hydrogens (tertiary/aromatic N) is 2. The van der Waals surface area contributed by atoms with E-state index in [-0.39, 0.29) is 5.91 Å². The van der Waals surface area contributed by atoms with Gasteiger partial charge in [-0.15, -0.1) is 11.8 Å². The Morgan fingerprint density at radius 2 is 2.04 bits per heavy atom. The summed E-state index contributed by atoms with van der Waals surface area (Å²) in [5, 5.41) is 0.676. The van der Waals surface area contributed by atoms with Gasteiger partial charge in [-0.05, 0) is 62.1 Å². The van der Waals surface area contributed by atoms with E-state index in [0.29, 0.717) is 17.2 Å². The van der Waals surface area contributed by atoms with Gasteiger partial charge in [0.1, 0.15) is 5.76 Å². The molecule has 0 spiro atoms. The van der Waals surface area contributed by atoms with Crippen LogP contribution in [0.15, 0.2) is 64.1 Å². The zero-order valence-corrected chi connectivity index (χ0v) is 17.6. The lowest BCUT2D eigenvalue weighted by Crippen LogP contribution is -2.30. The fraction of sp³-hybridized carbons (Fsp3) is 0.182. The topological polar surface area (TPSA) is 46.3 Å². The summed E-state index contributed by atoms with van der Waals surface area (Å²) in [6.07, 6.45) is 3.68. The van der Waals surface area contributed by atoms with Crippen LogP contribution in [0.2, 0.25) is 0 Å². The number of aromatic nitrogens is 1. The first-order valence-electron chi connectivity index (χ1n) is 8.91. The quantitative estimate of drug-likeness (QED) is 0.376. The SMILES string of the molecule is CSc1ccc2nc(N(Cc3ccco3)C(=O)c3cc(C)ccc3C)sc2c1. The van der Waals surface area contributed by atoms with Crippen molar-refractivity contribution >= 4 is 44.4 Å². The van der Waals surface area contributed by atoms with Crippen molar-refractivity contribution in [3.05, 3.63) is 77.2 Å². The van der Waals surface area contributed by atoms with E-state index in [0.717, 1.165) is 27.1 Å². The lowest BCUT2D eigenvalue weighted by atomic mass is 10.0. The maximum Gasteiger partial charge on any atom is 0.260 e. The molecule has 4 rings (SSSR count). The summed E-state index contributed by atoms with van der Waals surface area (Å²) >= 11 is 3.22. The van der Waals surface area contributed by atoms with Gasteiger partial charge in [-0.2, -0.15) is 0 Å². The number of hydrogen-bond acceptors (Lipinski definition) is 5. The first-order chi connectivity index (χ1) is 13.5. The molecule has 0 radical (unpaired) electrons. The molecule has 2 heterocycles. The first kappa shape index (κ1) is 18.8. The van der Waals surface area contributed by atoms with Gasteiger partial charge in [0.15, 0.2) is 5.13 Å². The monoisotopic (exact) mass is 408 g/mol. The highest BCUT2D eigenvalue weighted by Crippen LogP contribution is 2.33. The van der Waals surface area contributed by atoms with Gasteiger partial charge in [0.05, 0.1) is 23.0 Å². The second kappa shape index (κ2) is 7.81. The predicted molar refractivity (Wildman–Crippen MR) is 117 cm³/mol. The maximum absolute atomic E-state index is 13.5. The molecule has 1 amide bonds. The van der Waals surface area contributed by atoms with Gasteiger partial charge >= 0.3 is 0 Å². The zero-order valence-electron chi connectivity index (χ0n) is 15.9. The summed E-state index contributed by atoms with van der Waals surface area (Å²) in [5.74, 6) is 0.657. The van der Waals surface area contributed by atoms with Crippen LogP contribution in [-0.2, 0) is 6.54 Å². The summed E-state index contributed by atoms with van der Waals surface area (Å²) in [6, 6.07) is 15.8. The van der Waals surface area contributed by atoms with Crippen molar-refractivity contribution in [2.24, 2.45) is 0 Å². The second-order valence-corrected chi connectivity index (χ2v) is 8.51. The highest BCUT2D eigenvalue weighted by molar-refractivity contribution is 7.98. The lowest BCUT2D eigenvalue weighted by Gasteiger charge is -2.20. The van der Waals surface area contributed by atoms with Crippen molar-refractivity contribution in [1.29, 1.82) is 0 Å². The van der Waals surface area contributed by atoms with Crippen LogP contribution in [0, 0.1) is 13.8 Å². The summed E-state index contributed by atoms with van der Waals surface area (Å²) in [5.41, 5.74) is 3.60. The van der Waals surface area contributed by atoms with Gasteiger partial charge in [-0.3, -0.25) is 9.69 Å². The van der Waals surface area contributed by atoms with E-state index in [2.05, 4.69) is 18.4 Å². The van der Waals surface area contributed by atoms with E-state index in [1.165, 1.54) is 16.2 Å². The maximum atomic E-state index is 13.5. The molecule has 0 bridgehead atoms.